The maximum atomic E-state index is 5.53. The van der Waals surface area contributed by atoms with Crippen LogP contribution in [0.4, 0.5) is 0 Å². The first-order valence-electron chi connectivity index (χ1n) is 7.34. The van der Waals surface area contributed by atoms with E-state index in [4.69, 9.17) is 5.73 Å². The van der Waals surface area contributed by atoms with Crippen LogP contribution >= 0.6 is 0 Å². The average molecular weight is 247 g/mol. The van der Waals surface area contributed by atoms with E-state index in [-0.39, 0.29) is 0 Å². The van der Waals surface area contributed by atoms with E-state index in [1.165, 1.54) is 38.5 Å². The fraction of sp³-hybridized carbons (Fsp3) is 0.733. The molecule has 2 rings (SSSR count). The fourth-order valence-corrected chi connectivity index (χ4v) is 2.99. The number of nitrogens with zero attached hydrogens (tertiary/aromatic N) is 2. The van der Waals surface area contributed by atoms with E-state index in [1.54, 1.807) is 0 Å². The minimum Gasteiger partial charge on any atom is -0.330 e. The van der Waals surface area contributed by atoms with Crippen LogP contribution in [0.3, 0.4) is 0 Å². The highest BCUT2D eigenvalue weighted by molar-refractivity contribution is 5.08. The van der Waals surface area contributed by atoms with Crippen LogP contribution in [0.15, 0.2) is 12.4 Å². The monoisotopic (exact) mass is 247 g/mol. The molecule has 1 saturated carbocycles. The van der Waals surface area contributed by atoms with Crippen LogP contribution in [0, 0.1) is 5.92 Å². The Hall–Kier alpha value is -0.960. The van der Waals surface area contributed by atoms with Crippen molar-refractivity contribution in [1.29, 1.82) is 0 Å². The van der Waals surface area contributed by atoms with Gasteiger partial charge >= 0.3 is 0 Å². The Morgan fingerprint density at radius 2 is 1.83 bits per heavy atom. The summed E-state index contributed by atoms with van der Waals surface area (Å²) < 4.78 is 0. The molecule has 0 aromatic carbocycles. The summed E-state index contributed by atoms with van der Waals surface area (Å²) >= 11 is 0. The molecule has 1 aromatic rings. The van der Waals surface area contributed by atoms with Gasteiger partial charge in [-0.3, -0.25) is 0 Å². The SMILES string of the molecule is CCCC1CCC(c2ncc(CCN)cn2)CC1. The first-order chi connectivity index (χ1) is 8.83. The normalized spacial score (nSPS) is 24.1. The van der Waals surface area contributed by atoms with Crippen LogP contribution in [0.2, 0.25) is 0 Å². The molecule has 0 aliphatic heterocycles. The van der Waals surface area contributed by atoms with Gasteiger partial charge in [-0.25, -0.2) is 9.97 Å². The van der Waals surface area contributed by atoms with Gasteiger partial charge in [-0.15, -0.1) is 0 Å². The number of rotatable bonds is 5. The molecular weight excluding hydrogens is 222 g/mol. The van der Waals surface area contributed by atoms with Gasteiger partial charge in [-0.05, 0) is 50.1 Å². The van der Waals surface area contributed by atoms with Crippen molar-refractivity contribution in [3.63, 3.8) is 0 Å². The topological polar surface area (TPSA) is 51.8 Å². The van der Waals surface area contributed by atoms with Crippen LogP contribution in [0.1, 0.15) is 62.8 Å². The van der Waals surface area contributed by atoms with Crippen molar-refractivity contribution in [1.82, 2.24) is 9.97 Å². The molecule has 18 heavy (non-hydrogen) atoms. The lowest BCUT2D eigenvalue weighted by molar-refractivity contribution is 0.302. The van der Waals surface area contributed by atoms with Gasteiger partial charge in [0.2, 0.25) is 0 Å². The predicted molar refractivity (Wildman–Crippen MR) is 74.4 cm³/mol. The van der Waals surface area contributed by atoms with E-state index in [1.807, 2.05) is 12.4 Å². The Morgan fingerprint density at radius 3 is 2.39 bits per heavy atom. The Labute approximate surface area is 110 Å². The summed E-state index contributed by atoms with van der Waals surface area (Å²) in [6.45, 7) is 2.95. The standard InChI is InChI=1S/C15H25N3/c1-2-3-12-4-6-14(7-5-12)15-17-10-13(8-9-16)11-18-15/h10-12,14H,2-9,16H2,1H3. The van der Waals surface area contributed by atoms with Gasteiger partial charge in [0.15, 0.2) is 0 Å². The smallest absolute Gasteiger partial charge is 0.131 e. The second-order valence-corrected chi connectivity index (χ2v) is 5.49. The molecule has 1 aromatic heterocycles. The summed E-state index contributed by atoms with van der Waals surface area (Å²) in [5.41, 5.74) is 6.68. The summed E-state index contributed by atoms with van der Waals surface area (Å²) in [6, 6.07) is 0. The molecule has 1 fully saturated rings. The molecule has 0 saturated heterocycles. The lowest BCUT2D eigenvalue weighted by atomic mass is 9.80. The molecule has 2 N–H and O–H groups in total. The largest absolute Gasteiger partial charge is 0.330 e. The van der Waals surface area contributed by atoms with E-state index in [0.717, 1.165) is 23.7 Å². The Balaban J connectivity index is 1.89. The number of hydrogen-bond donors (Lipinski definition) is 1. The number of aromatic nitrogens is 2. The highest BCUT2D eigenvalue weighted by Crippen LogP contribution is 2.35. The zero-order chi connectivity index (χ0) is 12.8. The molecule has 0 unspecified atom stereocenters. The summed E-state index contributed by atoms with van der Waals surface area (Å²) in [5, 5.41) is 0. The molecule has 0 amide bonds. The van der Waals surface area contributed by atoms with Gasteiger partial charge in [0.25, 0.3) is 0 Å². The molecule has 100 valence electrons. The minimum absolute atomic E-state index is 0.588. The maximum absolute atomic E-state index is 5.53. The quantitative estimate of drug-likeness (QED) is 0.870. The second kappa shape index (κ2) is 6.83. The van der Waals surface area contributed by atoms with Gasteiger partial charge in [-0.1, -0.05) is 19.8 Å². The minimum atomic E-state index is 0.588. The van der Waals surface area contributed by atoms with Crippen molar-refractivity contribution >= 4 is 0 Å². The van der Waals surface area contributed by atoms with Gasteiger partial charge in [0.05, 0.1) is 0 Å². The van der Waals surface area contributed by atoms with Gasteiger partial charge in [0, 0.05) is 18.3 Å². The summed E-state index contributed by atoms with van der Waals surface area (Å²) in [5.74, 6) is 2.58. The zero-order valence-corrected chi connectivity index (χ0v) is 11.4. The van der Waals surface area contributed by atoms with Gasteiger partial charge < -0.3 is 5.73 Å². The fourth-order valence-electron chi connectivity index (χ4n) is 2.99. The predicted octanol–water partition coefficient (Wildman–Crippen LogP) is 3.05. The molecule has 1 aliphatic rings. The zero-order valence-electron chi connectivity index (χ0n) is 11.4. The molecular formula is C15H25N3. The highest BCUT2D eigenvalue weighted by atomic mass is 14.9. The van der Waals surface area contributed by atoms with E-state index in [2.05, 4.69) is 16.9 Å². The lowest BCUT2D eigenvalue weighted by Gasteiger charge is -2.27. The van der Waals surface area contributed by atoms with E-state index < -0.39 is 0 Å². The van der Waals surface area contributed by atoms with E-state index in [9.17, 15) is 0 Å². The van der Waals surface area contributed by atoms with Gasteiger partial charge in [-0.2, -0.15) is 0 Å². The van der Waals surface area contributed by atoms with Crippen molar-refractivity contribution in [2.75, 3.05) is 6.54 Å². The van der Waals surface area contributed by atoms with Crippen molar-refractivity contribution in [2.24, 2.45) is 11.7 Å². The molecule has 0 radical (unpaired) electrons. The molecule has 0 spiro atoms. The third-order valence-electron chi connectivity index (χ3n) is 4.07. The Kier molecular flexibility index (Phi) is 5.12. The summed E-state index contributed by atoms with van der Waals surface area (Å²) in [6.07, 6.45) is 12.7. The third-order valence-corrected chi connectivity index (χ3v) is 4.07. The van der Waals surface area contributed by atoms with Crippen molar-refractivity contribution in [3.8, 4) is 0 Å². The van der Waals surface area contributed by atoms with Crippen LogP contribution < -0.4 is 5.73 Å². The first-order valence-corrected chi connectivity index (χ1v) is 7.34. The van der Waals surface area contributed by atoms with Crippen LogP contribution in [0.5, 0.6) is 0 Å². The Bertz CT molecular complexity index is 339. The summed E-state index contributed by atoms with van der Waals surface area (Å²) in [4.78, 5) is 9.05. The van der Waals surface area contributed by atoms with Crippen molar-refractivity contribution in [2.45, 2.75) is 57.8 Å². The van der Waals surface area contributed by atoms with Crippen LogP contribution in [-0.2, 0) is 6.42 Å². The molecule has 0 atom stereocenters. The molecule has 1 heterocycles. The number of nitrogens with two attached hydrogens (primary N) is 1. The molecule has 0 bridgehead atoms. The lowest BCUT2D eigenvalue weighted by Crippen LogP contribution is -2.15. The molecule has 1 aliphatic carbocycles. The second-order valence-electron chi connectivity index (χ2n) is 5.49. The molecule has 3 nitrogen and oxygen atoms in total. The average Bonchev–Trinajstić information content (AvgIpc) is 2.41. The van der Waals surface area contributed by atoms with E-state index >= 15 is 0 Å². The first kappa shape index (κ1) is 13.5. The van der Waals surface area contributed by atoms with E-state index in [0.29, 0.717) is 12.5 Å². The maximum Gasteiger partial charge on any atom is 0.131 e. The van der Waals surface area contributed by atoms with Crippen molar-refractivity contribution in [3.05, 3.63) is 23.8 Å². The third kappa shape index (κ3) is 3.52. The van der Waals surface area contributed by atoms with Crippen LogP contribution in [0.25, 0.3) is 0 Å². The Morgan fingerprint density at radius 1 is 1.17 bits per heavy atom. The number of hydrogen-bond acceptors (Lipinski definition) is 3. The summed E-state index contributed by atoms with van der Waals surface area (Å²) in [7, 11) is 0. The van der Waals surface area contributed by atoms with Crippen LogP contribution in [-0.4, -0.2) is 16.5 Å². The van der Waals surface area contributed by atoms with Crippen molar-refractivity contribution < 1.29 is 0 Å². The molecule has 3 heteroatoms. The highest BCUT2D eigenvalue weighted by Gasteiger charge is 2.23. The van der Waals surface area contributed by atoms with Gasteiger partial charge in [0.1, 0.15) is 5.82 Å².